The van der Waals surface area contributed by atoms with Gasteiger partial charge in [0.1, 0.15) is 0 Å². The number of alkyl halides is 1. The predicted molar refractivity (Wildman–Crippen MR) is 66.3 cm³/mol. The van der Waals surface area contributed by atoms with E-state index in [0.717, 1.165) is 25.8 Å². The highest BCUT2D eigenvalue weighted by atomic mass is 35.5. The minimum atomic E-state index is 0.262. The van der Waals surface area contributed by atoms with Crippen molar-refractivity contribution in [2.75, 3.05) is 19.0 Å². The van der Waals surface area contributed by atoms with Gasteiger partial charge in [-0.25, -0.2) is 0 Å². The summed E-state index contributed by atoms with van der Waals surface area (Å²) in [4.78, 5) is 13.8. The number of carbonyl (C=O) groups excluding carboxylic acids is 1. The van der Waals surface area contributed by atoms with E-state index < -0.39 is 0 Å². The lowest BCUT2D eigenvalue weighted by atomic mass is 10.0. The molecule has 1 amide bonds. The topological polar surface area (TPSA) is 20.3 Å². The Labute approximate surface area is 99.0 Å². The van der Waals surface area contributed by atoms with Crippen molar-refractivity contribution in [2.45, 2.75) is 46.5 Å². The average molecular weight is 234 g/mol. The Bertz CT molecular complexity index is 173. The van der Waals surface area contributed by atoms with Gasteiger partial charge in [0, 0.05) is 25.4 Å². The zero-order chi connectivity index (χ0) is 11.7. The number of amides is 1. The predicted octanol–water partition coefficient (Wildman–Crippen LogP) is 3.29. The summed E-state index contributed by atoms with van der Waals surface area (Å²) in [7, 11) is 0. The Morgan fingerprint density at radius 3 is 2.47 bits per heavy atom. The first-order chi connectivity index (χ1) is 7.15. The molecule has 0 aliphatic rings. The van der Waals surface area contributed by atoms with E-state index in [1.54, 1.807) is 0 Å². The lowest BCUT2D eigenvalue weighted by molar-refractivity contribution is -0.131. The van der Waals surface area contributed by atoms with E-state index in [1.807, 2.05) is 4.90 Å². The second-order valence-electron chi connectivity index (χ2n) is 4.14. The fourth-order valence-corrected chi connectivity index (χ4v) is 1.59. The Morgan fingerprint density at radius 1 is 1.33 bits per heavy atom. The lowest BCUT2D eigenvalue weighted by Crippen LogP contribution is -2.34. The molecule has 3 heteroatoms. The number of unbranched alkanes of at least 4 members (excludes halogenated alkanes) is 1. The first-order valence-corrected chi connectivity index (χ1v) is 6.52. The van der Waals surface area contributed by atoms with E-state index in [0.29, 0.717) is 24.8 Å². The van der Waals surface area contributed by atoms with E-state index in [9.17, 15) is 4.79 Å². The van der Waals surface area contributed by atoms with Gasteiger partial charge in [-0.3, -0.25) is 4.79 Å². The van der Waals surface area contributed by atoms with Crippen molar-refractivity contribution in [3.8, 4) is 0 Å². The highest BCUT2D eigenvalue weighted by molar-refractivity contribution is 6.18. The summed E-state index contributed by atoms with van der Waals surface area (Å²) in [5.74, 6) is 1.28. The van der Waals surface area contributed by atoms with Crippen LogP contribution in [0.15, 0.2) is 0 Å². The summed E-state index contributed by atoms with van der Waals surface area (Å²) in [5.41, 5.74) is 0. The SMILES string of the molecule is CCCCN(CCCl)C(=O)CC(C)CC. The molecule has 0 fully saturated rings. The van der Waals surface area contributed by atoms with E-state index in [-0.39, 0.29) is 5.91 Å². The van der Waals surface area contributed by atoms with Crippen LogP contribution in [-0.2, 0) is 4.79 Å². The van der Waals surface area contributed by atoms with Gasteiger partial charge in [-0.1, -0.05) is 33.6 Å². The minimum absolute atomic E-state index is 0.262. The quantitative estimate of drug-likeness (QED) is 0.590. The molecule has 0 rings (SSSR count). The fraction of sp³-hybridized carbons (Fsp3) is 0.917. The van der Waals surface area contributed by atoms with Crippen LogP contribution in [0.25, 0.3) is 0 Å². The van der Waals surface area contributed by atoms with Crippen LogP contribution in [0.1, 0.15) is 46.5 Å². The van der Waals surface area contributed by atoms with E-state index >= 15 is 0 Å². The Morgan fingerprint density at radius 2 is 2.00 bits per heavy atom. The molecule has 2 nitrogen and oxygen atoms in total. The maximum Gasteiger partial charge on any atom is 0.222 e. The molecule has 0 saturated heterocycles. The number of nitrogens with zero attached hydrogens (tertiary/aromatic N) is 1. The van der Waals surface area contributed by atoms with Gasteiger partial charge < -0.3 is 4.90 Å². The average Bonchev–Trinajstić information content (AvgIpc) is 2.23. The second kappa shape index (κ2) is 9.02. The second-order valence-corrected chi connectivity index (χ2v) is 4.52. The van der Waals surface area contributed by atoms with E-state index in [4.69, 9.17) is 11.6 Å². The van der Waals surface area contributed by atoms with Crippen molar-refractivity contribution < 1.29 is 4.79 Å². The van der Waals surface area contributed by atoms with Gasteiger partial charge in [0.15, 0.2) is 0 Å². The van der Waals surface area contributed by atoms with Crippen molar-refractivity contribution >= 4 is 17.5 Å². The zero-order valence-corrected chi connectivity index (χ0v) is 11.0. The summed E-state index contributed by atoms with van der Waals surface area (Å²) >= 11 is 5.70. The number of halogens is 1. The molecule has 0 aromatic carbocycles. The summed E-state index contributed by atoms with van der Waals surface area (Å²) in [6.07, 6.45) is 3.92. The molecule has 0 N–H and O–H groups in total. The first kappa shape index (κ1) is 14.8. The molecule has 0 radical (unpaired) electrons. The van der Waals surface area contributed by atoms with Crippen LogP contribution in [0, 0.1) is 5.92 Å². The van der Waals surface area contributed by atoms with E-state index in [2.05, 4.69) is 20.8 Å². The molecule has 0 aliphatic carbocycles. The largest absolute Gasteiger partial charge is 0.342 e. The maximum atomic E-state index is 11.9. The maximum absolute atomic E-state index is 11.9. The van der Waals surface area contributed by atoms with Gasteiger partial charge in [-0.05, 0) is 12.3 Å². The Balaban J connectivity index is 4.03. The first-order valence-electron chi connectivity index (χ1n) is 5.99. The molecular formula is C12H24ClNO. The van der Waals surface area contributed by atoms with Gasteiger partial charge in [0.2, 0.25) is 5.91 Å². The molecule has 15 heavy (non-hydrogen) atoms. The van der Waals surface area contributed by atoms with Gasteiger partial charge in [0.05, 0.1) is 0 Å². The molecule has 0 bridgehead atoms. The van der Waals surface area contributed by atoms with Crippen LogP contribution in [-0.4, -0.2) is 29.8 Å². The number of rotatable bonds is 8. The van der Waals surface area contributed by atoms with Crippen LogP contribution >= 0.6 is 11.6 Å². The van der Waals surface area contributed by atoms with Crippen LogP contribution in [0.5, 0.6) is 0 Å². The van der Waals surface area contributed by atoms with Crippen molar-refractivity contribution in [1.82, 2.24) is 4.90 Å². The fourth-order valence-electron chi connectivity index (χ4n) is 1.38. The highest BCUT2D eigenvalue weighted by Crippen LogP contribution is 2.10. The summed E-state index contributed by atoms with van der Waals surface area (Å²) in [6, 6.07) is 0. The smallest absolute Gasteiger partial charge is 0.222 e. The third-order valence-corrected chi connectivity index (χ3v) is 2.88. The molecule has 0 saturated carbocycles. The molecular weight excluding hydrogens is 210 g/mol. The standard InChI is InChI=1S/C12H24ClNO/c1-4-6-8-14(9-7-13)12(15)10-11(3)5-2/h11H,4-10H2,1-3H3. The molecule has 0 heterocycles. The number of hydrogen-bond donors (Lipinski definition) is 0. The van der Waals surface area contributed by atoms with Crippen LogP contribution in [0.4, 0.5) is 0 Å². The van der Waals surface area contributed by atoms with Crippen LogP contribution in [0.3, 0.4) is 0 Å². The van der Waals surface area contributed by atoms with Crippen molar-refractivity contribution in [3.63, 3.8) is 0 Å². The Hall–Kier alpha value is -0.240. The molecule has 0 aliphatic heterocycles. The Kier molecular flexibility index (Phi) is 8.88. The molecule has 90 valence electrons. The monoisotopic (exact) mass is 233 g/mol. The molecule has 1 atom stereocenters. The van der Waals surface area contributed by atoms with Crippen LogP contribution in [0.2, 0.25) is 0 Å². The number of carbonyl (C=O) groups is 1. The normalized spacial score (nSPS) is 12.5. The van der Waals surface area contributed by atoms with Crippen molar-refractivity contribution in [1.29, 1.82) is 0 Å². The van der Waals surface area contributed by atoms with Crippen molar-refractivity contribution in [3.05, 3.63) is 0 Å². The number of hydrogen-bond acceptors (Lipinski definition) is 1. The molecule has 0 spiro atoms. The summed E-state index contributed by atoms with van der Waals surface area (Å²) < 4.78 is 0. The van der Waals surface area contributed by atoms with Gasteiger partial charge in [0.25, 0.3) is 0 Å². The van der Waals surface area contributed by atoms with Gasteiger partial charge >= 0.3 is 0 Å². The third kappa shape index (κ3) is 6.77. The minimum Gasteiger partial charge on any atom is -0.342 e. The van der Waals surface area contributed by atoms with Gasteiger partial charge in [-0.15, -0.1) is 11.6 Å². The van der Waals surface area contributed by atoms with Crippen LogP contribution < -0.4 is 0 Å². The van der Waals surface area contributed by atoms with Gasteiger partial charge in [-0.2, -0.15) is 0 Å². The summed E-state index contributed by atoms with van der Waals surface area (Å²) in [6.45, 7) is 7.93. The lowest BCUT2D eigenvalue weighted by Gasteiger charge is -2.22. The molecule has 0 aromatic rings. The molecule has 0 aromatic heterocycles. The zero-order valence-electron chi connectivity index (χ0n) is 10.3. The summed E-state index contributed by atoms with van der Waals surface area (Å²) in [5, 5.41) is 0. The molecule has 1 unspecified atom stereocenters. The van der Waals surface area contributed by atoms with E-state index in [1.165, 1.54) is 0 Å². The highest BCUT2D eigenvalue weighted by Gasteiger charge is 2.14. The third-order valence-electron chi connectivity index (χ3n) is 2.71. The van der Waals surface area contributed by atoms with Crippen molar-refractivity contribution in [2.24, 2.45) is 5.92 Å².